The van der Waals surface area contributed by atoms with E-state index in [1.807, 2.05) is 30.3 Å². The fraction of sp³-hybridized carbons (Fsp3) is 0.556. The summed E-state index contributed by atoms with van der Waals surface area (Å²) < 4.78 is 41.2. The summed E-state index contributed by atoms with van der Waals surface area (Å²) in [7, 11) is 1.29. The molecule has 0 radical (unpaired) electrons. The van der Waals surface area contributed by atoms with Gasteiger partial charge in [0.15, 0.2) is 18.6 Å². The normalized spacial score (nSPS) is 28.4. The molecule has 0 amide bonds. The van der Waals surface area contributed by atoms with E-state index in [-0.39, 0.29) is 13.2 Å². The Bertz CT molecular complexity index is 594. The number of hydrogen-bond acceptors (Lipinski definition) is 7. The van der Waals surface area contributed by atoms with Gasteiger partial charge in [-0.05, 0) is 5.56 Å². The van der Waals surface area contributed by atoms with Crippen molar-refractivity contribution in [1.82, 2.24) is 0 Å². The summed E-state index contributed by atoms with van der Waals surface area (Å²) in [6, 6.07) is 9.18. The van der Waals surface area contributed by atoms with E-state index in [1.54, 1.807) is 0 Å². The molecule has 8 heteroatoms. The highest BCUT2D eigenvalue weighted by atomic mass is 19.1. The summed E-state index contributed by atoms with van der Waals surface area (Å²) in [5, 5.41) is 0. The monoisotopic (exact) mass is 370 g/mol. The molecule has 1 aromatic rings. The minimum Gasteiger partial charge on any atom is -0.463 e. The van der Waals surface area contributed by atoms with Crippen LogP contribution in [0.15, 0.2) is 30.3 Å². The van der Waals surface area contributed by atoms with Crippen LogP contribution >= 0.6 is 0 Å². The Morgan fingerprint density at radius 2 is 1.81 bits per heavy atom. The number of carbonyl (C=O) groups excluding carboxylic acids is 2. The summed E-state index contributed by atoms with van der Waals surface area (Å²) in [6.45, 7) is 2.33. The summed E-state index contributed by atoms with van der Waals surface area (Å²) in [5.41, 5.74) is 0.832. The largest absolute Gasteiger partial charge is 0.463 e. The highest BCUT2D eigenvalue weighted by molar-refractivity contribution is 5.66. The van der Waals surface area contributed by atoms with Crippen LogP contribution in [-0.2, 0) is 39.9 Å². The maximum Gasteiger partial charge on any atom is 0.303 e. The fourth-order valence-electron chi connectivity index (χ4n) is 2.68. The van der Waals surface area contributed by atoms with E-state index in [1.165, 1.54) is 21.0 Å². The summed E-state index contributed by atoms with van der Waals surface area (Å²) in [4.78, 5) is 22.6. The van der Waals surface area contributed by atoms with Crippen LogP contribution in [0.4, 0.5) is 4.39 Å². The van der Waals surface area contributed by atoms with Gasteiger partial charge in [0.05, 0.1) is 6.61 Å². The second-order valence-corrected chi connectivity index (χ2v) is 5.86. The maximum atomic E-state index is 14.8. The van der Waals surface area contributed by atoms with Gasteiger partial charge in [-0.3, -0.25) is 9.59 Å². The fourth-order valence-corrected chi connectivity index (χ4v) is 2.68. The molecule has 5 atom stereocenters. The smallest absolute Gasteiger partial charge is 0.303 e. The van der Waals surface area contributed by atoms with Gasteiger partial charge in [-0.1, -0.05) is 30.3 Å². The van der Waals surface area contributed by atoms with Crippen LogP contribution in [0.3, 0.4) is 0 Å². The van der Waals surface area contributed by atoms with E-state index in [0.717, 1.165) is 5.56 Å². The van der Waals surface area contributed by atoms with Crippen molar-refractivity contribution in [3.05, 3.63) is 35.9 Å². The lowest BCUT2D eigenvalue weighted by atomic mass is 9.99. The molecule has 7 nitrogen and oxygen atoms in total. The number of hydrogen-bond donors (Lipinski definition) is 0. The molecular weight excluding hydrogens is 347 g/mol. The predicted octanol–water partition coefficient (Wildman–Crippen LogP) is 1.78. The molecule has 0 unspecified atom stereocenters. The third-order valence-electron chi connectivity index (χ3n) is 3.84. The van der Waals surface area contributed by atoms with Crippen LogP contribution in [0.5, 0.6) is 0 Å². The van der Waals surface area contributed by atoms with Crippen molar-refractivity contribution >= 4 is 11.9 Å². The Morgan fingerprint density at radius 3 is 2.38 bits per heavy atom. The van der Waals surface area contributed by atoms with E-state index in [4.69, 9.17) is 23.7 Å². The Morgan fingerprint density at radius 1 is 1.12 bits per heavy atom. The first-order valence-corrected chi connectivity index (χ1v) is 8.20. The molecule has 0 spiro atoms. The number of ether oxygens (including phenoxy) is 5. The van der Waals surface area contributed by atoms with Gasteiger partial charge < -0.3 is 23.7 Å². The molecule has 0 aromatic heterocycles. The lowest BCUT2D eigenvalue weighted by Gasteiger charge is -2.42. The second kappa shape index (κ2) is 9.61. The third kappa shape index (κ3) is 5.48. The molecular formula is C18H23FO7. The summed E-state index contributed by atoms with van der Waals surface area (Å²) >= 11 is 0. The molecule has 2 rings (SSSR count). The van der Waals surface area contributed by atoms with E-state index in [2.05, 4.69) is 0 Å². The van der Waals surface area contributed by atoms with Crippen molar-refractivity contribution in [2.45, 2.75) is 51.2 Å². The number of carbonyl (C=O) groups is 2. The first-order chi connectivity index (χ1) is 12.4. The van der Waals surface area contributed by atoms with Gasteiger partial charge in [-0.25, -0.2) is 4.39 Å². The number of benzene rings is 1. The van der Waals surface area contributed by atoms with Gasteiger partial charge in [0, 0.05) is 21.0 Å². The van der Waals surface area contributed by atoms with Crippen LogP contribution in [0.1, 0.15) is 19.4 Å². The minimum atomic E-state index is -1.69. The highest BCUT2D eigenvalue weighted by Gasteiger charge is 2.49. The second-order valence-electron chi connectivity index (χ2n) is 5.86. The molecule has 26 heavy (non-hydrogen) atoms. The van der Waals surface area contributed by atoms with Crippen molar-refractivity contribution < 1.29 is 37.7 Å². The number of rotatable bonds is 7. The average Bonchev–Trinajstić information content (AvgIpc) is 2.61. The first kappa shape index (κ1) is 20.3. The lowest BCUT2D eigenvalue weighted by molar-refractivity contribution is -0.292. The minimum absolute atomic E-state index is 0.112. The summed E-state index contributed by atoms with van der Waals surface area (Å²) in [5.74, 6) is -1.16. The molecule has 144 valence electrons. The summed E-state index contributed by atoms with van der Waals surface area (Å²) in [6.07, 6.45) is -6.07. The number of esters is 2. The number of methoxy groups -OCH3 is 1. The number of alkyl halides is 1. The maximum absolute atomic E-state index is 14.8. The predicted molar refractivity (Wildman–Crippen MR) is 87.8 cm³/mol. The topological polar surface area (TPSA) is 80.3 Å². The third-order valence-corrected chi connectivity index (χ3v) is 3.84. The molecule has 1 fully saturated rings. The number of halogens is 1. The van der Waals surface area contributed by atoms with Gasteiger partial charge in [0.25, 0.3) is 0 Å². The highest BCUT2D eigenvalue weighted by Crippen LogP contribution is 2.29. The van der Waals surface area contributed by atoms with Crippen LogP contribution in [0, 0.1) is 0 Å². The average molecular weight is 370 g/mol. The quantitative estimate of drug-likeness (QED) is 0.677. The Labute approximate surface area is 151 Å². The standard InChI is InChI=1S/C18H23FO7/c1-11(20)23-10-14-16(25-12(2)21)17(15(19)18(22-3)26-14)24-9-13-7-5-4-6-8-13/h4-8,14-18H,9-10H2,1-3H3/t14-,15-,16-,17-,18-/m1/s1. The van der Waals surface area contributed by atoms with E-state index >= 15 is 0 Å². The Hall–Kier alpha value is -2.03. The zero-order valence-corrected chi connectivity index (χ0v) is 14.9. The van der Waals surface area contributed by atoms with Gasteiger partial charge in [0.1, 0.15) is 18.8 Å². The van der Waals surface area contributed by atoms with Gasteiger partial charge in [0.2, 0.25) is 0 Å². The molecule has 0 N–H and O–H groups in total. The van der Waals surface area contributed by atoms with Crippen molar-refractivity contribution in [3.63, 3.8) is 0 Å². The molecule has 1 aromatic carbocycles. The van der Waals surface area contributed by atoms with Crippen LogP contribution in [0.2, 0.25) is 0 Å². The van der Waals surface area contributed by atoms with Crippen molar-refractivity contribution in [2.24, 2.45) is 0 Å². The van der Waals surface area contributed by atoms with Gasteiger partial charge in [-0.15, -0.1) is 0 Å². The molecule has 1 aliphatic rings. The molecule has 1 aliphatic heterocycles. The van der Waals surface area contributed by atoms with E-state index in [0.29, 0.717) is 0 Å². The van der Waals surface area contributed by atoms with E-state index in [9.17, 15) is 14.0 Å². The van der Waals surface area contributed by atoms with Gasteiger partial charge in [-0.2, -0.15) is 0 Å². The van der Waals surface area contributed by atoms with Crippen LogP contribution in [-0.4, -0.2) is 56.4 Å². The van der Waals surface area contributed by atoms with Gasteiger partial charge >= 0.3 is 11.9 Å². The zero-order valence-electron chi connectivity index (χ0n) is 14.9. The Balaban J connectivity index is 2.18. The van der Waals surface area contributed by atoms with E-state index < -0.39 is 42.7 Å². The van der Waals surface area contributed by atoms with Crippen molar-refractivity contribution in [3.8, 4) is 0 Å². The molecule has 1 saturated heterocycles. The zero-order chi connectivity index (χ0) is 19.1. The lowest BCUT2D eigenvalue weighted by Crippen LogP contribution is -2.59. The molecule has 1 heterocycles. The SMILES string of the molecule is CO[C@@H]1O[C@H](COC(C)=O)[C@@H](OC(C)=O)[C@H](OCc2ccccc2)[C@H]1F. The van der Waals surface area contributed by atoms with Crippen LogP contribution < -0.4 is 0 Å². The molecule has 0 saturated carbocycles. The molecule has 0 aliphatic carbocycles. The van der Waals surface area contributed by atoms with Crippen LogP contribution in [0.25, 0.3) is 0 Å². The first-order valence-electron chi connectivity index (χ1n) is 8.20. The van der Waals surface area contributed by atoms with Crippen molar-refractivity contribution in [1.29, 1.82) is 0 Å². The molecule has 0 bridgehead atoms. The Kier molecular flexibility index (Phi) is 7.50. The van der Waals surface area contributed by atoms with Crippen molar-refractivity contribution in [2.75, 3.05) is 13.7 Å².